The van der Waals surface area contributed by atoms with E-state index in [4.69, 9.17) is 0 Å². The van der Waals surface area contributed by atoms with Gasteiger partial charge in [-0.05, 0) is 29.4 Å². The van der Waals surface area contributed by atoms with Crippen molar-refractivity contribution in [3.63, 3.8) is 0 Å². The van der Waals surface area contributed by atoms with Gasteiger partial charge in [-0.1, -0.05) is 87.4 Å². The smallest absolute Gasteiger partial charge is 0.0253 e. The molecule has 0 nitrogen and oxygen atoms in total. The van der Waals surface area contributed by atoms with Crippen molar-refractivity contribution in [2.75, 3.05) is 0 Å². The van der Waals surface area contributed by atoms with Crippen molar-refractivity contribution in [3.8, 4) is 0 Å². The molecule has 0 aliphatic heterocycles. The van der Waals surface area contributed by atoms with Crippen LogP contribution in [-0.2, 0) is 5.41 Å². The second kappa shape index (κ2) is 6.23. The van der Waals surface area contributed by atoms with Gasteiger partial charge in [0.1, 0.15) is 0 Å². The maximum Gasteiger partial charge on any atom is 0.0253 e. The van der Waals surface area contributed by atoms with Crippen LogP contribution in [0.3, 0.4) is 0 Å². The van der Waals surface area contributed by atoms with E-state index in [1.807, 2.05) is 0 Å². The number of hydrogen-bond acceptors (Lipinski definition) is 0. The lowest BCUT2D eigenvalue weighted by molar-refractivity contribution is 0.128. The molecule has 112 valence electrons. The van der Waals surface area contributed by atoms with E-state index in [1.165, 1.54) is 36.8 Å². The number of benzene rings is 2. The average Bonchev–Trinajstić information content (AvgIpc) is 2.49. The van der Waals surface area contributed by atoms with E-state index in [0.29, 0.717) is 5.41 Å². The van der Waals surface area contributed by atoms with Crippen LogP contribution in [-0.4, -0.2) is 0 Å². The Morgan fingerprint density at radius 1 is 0.667 bits per heavy atom. The lowest BCUT2D eigenvalue weighted by Crippen LogP contribution is -2.45. The molecule has 2 aromatic rings. The monoisotopic (exact) mass is 300 g/mol. The lowest BCUT2D eigenvalue weighted by Gasteiger charge is -2.51. The maximum absolute atomic E-state index is 2.45. The van der Waals surface area contributed by atoms with Crippen LogP contribution >= 0.6 is 12.4 Å². The Hall–Kier alpha value is -1.27. The quantitative estimate of drug-likeness (QED) is 0.638. The molecule has 1 aliphatic rings. The fraction of sp³-hybridized carbons (Fsp3) is 0.400. The Bertz CT molecular complexity index is 517. The van der Waals surface area contributed by atoms with Gasteiger partial charge in [0, 0.05) is 5.41 Å². The fourth-order valence-corrected chi connectivity index (χ4v) is 4.19. The summed E-state index contributed by atoms with van der Waals surface area (Å²) >= 11 is 0. The summed E-state index contributed by atoms with van der Waals surface area (Å²) in [5, 5.41) is 0. The molecule has 1 aliphatic carbocycles. The molecule has 0 aromatic heterocycles. The second-order valence-corrected chi connectivity index (χ2v) is 6.73. The first-order valence-corrected chi connectivity index (χ1v) is 7.78. The number of halogens is 1. The van der Waals surface area contributed by atoms with E-state index in [0.717, 1.165) is 0 Å². The van der Waals surface area contributed by atoms with Crippen molar-refractivity contribution in [2.45, 2.75) is 44.9 Å². The first-order valence-electron chi connectivity index (χ1n) is 7.78. The minimum absolute atomic E-state index is 0. The van der Waals surface area contributed by atoms with Crippen molar-refractivity contribution >= 4 is 12.4 Å². The normalized spacial score (nSPS) is 19.5. The molecule has 0 spiro atoms. The molecule has 1 fully saturated rings. The molecule has 21 heavy (non-hydrogen) atoms. The van der Waals surface area contributed by atoms with Crippen LogP contribution in [0.15, 0.2) is 60.7 Å². The number of hydrogen-bond donors (Lipinski definition) is 0. The Morgan fingerprint density at radius 2 is 1.10 bits per heavy atom. The van der Waals surface area contributed by atoms with Gasteiger partial charge in [-0.25, -0.2) is 0 Å². The highest BCUT2D eigenvalue weighted by molar-refractivity contribution is 5.85. The highest BCUT2D eigenvalue weighted by Crippen LogP contribution is 2.55. The zero-order chi connectivity index (χ0) is 14.1. The van der Waals surface area contributed by atoms with Gasteiger partial charge in [0.05, 0.1) is 0 Å². The van der Waals surface area contributed by atoms with E-state index >= 15 is 0 Å². The van der Waals surface area contributed by atoms with E-state index in [1.54, 1.807) is 0 Å². The van der Waals surface area contributed by atoms with Crippen molar-refractivity contribution in [1.82, 2.24) is 0 Å². The summed E-state index contributed by atoms with van der Waals surface area (Å²) in [7, 11) is 0. The van der Waals surface area contributed by atoms with Crippen molar-refractivity contribution < 1.29 is 0 Å². The third-order valence-corrected chi connectivity index (χ3v) is 5.29. The van der Waals surface area contributed by atoms with Crippen molar-refractivity contribution in [1.29, 1.82) is 0 Å². The average molecular weight is 301 g/mol. The fourth-order valence-electron chi connectivity index (χ4n) is 4.19. The predicted octanol–water partition coefficient (Wildman–Crippen LogP) is 5.99. The molecule has 0 atom stereocenters. The highest BCUT2D eigenvalue weighted by atomic mass is 35.5. The lowest BCUT2D eigenvalue weighted by atomic mass is 9.52. The molecule has 3 rings (SSSR count). The molecule has 0 bridgehead atoms. The summed E-state index contributed by atoms with van der Waals surface area (Å²) < 4.78 is 0. The van der Waals surface area contributed by atoms with Gasteiger partial charge in [-0.2, -0.15) is 0 Å². The molecular formula is C20H25Cl. The third-order valence-electron chi connectivity index (χ3n) is 5.29. The summed E-state index contributed by atoms with van der Waals surface area (Å²) in [6.07, 6.45) is 5.24. The largest absolute Gasteiger partial charge is 0.147 e. The molecule has 2 aromatic carbocycles. The first-order chi connectivity index (χ1) is 9.67. The van der Waals surface area contributed by atoms with Gasteiger partial charge < -0.3 is 0 Å². The van der Waals surface area contributed by atoms with E-state index in [2.05, 4.69) is 74.5 Å². The Morgan fingerprint density at radius 3 is 1.52 bits per heavy atom. The second-order valence-electron chi connectivity index (χ2n) is 6.73. The Labute approximate surface area is 135 Å². The number of rotatable bonds is 2. The van der Waals surface area contributed by atoms with Crippen molar-refractivity contribution in [3.05, 3.63) is 71.8 Å². The molecular weight excluding hydrogens is 276 g/mol. The summed E-state index contributed by atoms with van der Waals surface area (Å²) in [6, 6.07) is 22.3. The first kappa shape index (κ1) is 16.1. The SMILES string of the molecule is CC1(C)CCCCC1(c1ccccc1)c1ccccc1.Cl. The van der Waals surface area contributed by atoms with E-state index in [9.17, 15) is 0 Å². The predicted molar refractivity (Wildman–Crippen MR) is 93.2 cm³/mol. The third kappa shape index (κ3) is 2.62. The Balaban J connectivity index is 0.00000161. The minimum atomic E-state index is 0. The van der Waals surface area contributed by atoms with Crippen LogP contribution in [0.5, 0.6) is 0 Å². The summed E-state index contributed by atoms with van der Waals surface area (Å²) in [5.41, 5.74) is 3.42. The van der Waals surface area contributed by atoms with E-state index < -0.39 is 0 Å². The Kier molecular flexibility index (Phi) is 4.78. The summed E-state index contributed by atoms with van der Waals surface area (Å²) in [4.78, 5) is 0. The molecule has 0 amide bonds. The standard InChI is InChI=1S/C20H24.ClH/c1-19(2)15-9-10-16-20(19,17-11-5-3-6-12-17)18-13-7-4-8-14-18;/h3-8,11-14H,9-10,15-16H2,1-2H3;1H. The van der Waals surface area contributed by atoms with E-state index in [-0.39, 0.29) is 17.8 Å². The van der Waals surface area contributed by atoms with Crippen LogP contribution in [0.4, 0.5) is 0 Å². The summed E-state index contributed by atoms with van der Waals surface area (Å²) in [5.74, 6) is 0. The van der Waals surface area contributed by atoms with Crippen LogP contribution in [0, 0.1) is 5.41 Å². The molecule has 0 N–H and O–H groups in total. The van der Waals surface area contributed by atoms with Gasteiger partial charge in [0.25, 0.3) is 0 Å². The van der Waals surface area contributed by atoms with Crippen LogP contribution in [0.2, 0.25) is 0 Å². The van der Waals surface area contributed by atoms with Gasteiger partial charge >= 0.3 is 0 Å². The van der Waals surface area contributed by atoms with Gasteiger partial charge in [0.2, 0.25) is 0 Å². The molecule has 0 saturated heterocycles. The van der Waals surface area contributed by atoms with Crippen molar-refractivity contribution in [2.24, 2.45) is 5.41 Å². The zero-order valence-corrected chi connectivity index (χ0v) is 13.8. The van der Waals surface area contributed by atoms with Crippen LogP contribution < -0.4 is 0 Å². The summed E-state index contributed by atoms with van der Waals surface area (Å²) in [6.45, 7) is 4.90. The zero-order valence-electron chi connectivity index (χ0n) is 13.0. The highest BCUT2D eigenvalue weighted by Gasteiger charge is 2.48. The van der Waals surface area contributed by atoms with Gasteiger partial charge in [0.15, 0.2) is 0 Å². The minimum Gasteiger partial charge on any atom is -0.147 e. The van der Waals surface area contributed by atoms with Gasteiger partial charge in [-0.15, -0.1) is 12.4 Å². The van der Waals surface area contributed by atoms with Crippen LogP contribution in [0.1, 0.15) is 50.7 Å². The molecule has 0 radical (unpaired) electrons. The molecule has 1 heteroatoms. The van der Waals surface area contributed by atoms with Gasteiger partial charge in [-0.3, -0.25) is 0 Å². The maximum atomic E-state index is 2.45. The molecule has 0 unspecified atom stereocenters. The molecule has 0 heterocycles. The molecule has 1 saturated carbocycles. The topological polar surface area (TPSA) is 0 Å². The van der Waals surface area contributed by atoms with Crippen LogP contribution in [0.25, 0.3) is 0 Å².